The molecule has 2 rings (SSSR count). The highest BCUT2D eigenvalue weighted by Crippen LogP contribution is 2.23. The van der Waals surface area contributed by atoms with E-state index in [1.807, 2.05) is 42.5 Å². The van der Waals surface area contributed by atoms with Gasteiger partial charge in [-0.3, -0.25) is 0 Å². The number of hydrogen-bond acceptors (Lipinski definition) is 6. The van der Waals surface area contributed by atoms with E-state index >= 15 is 0 Å². The van der Waals surface area contributed by atoms with Crippen molar-refractivity contribution < 1.29 is 28.6 Å². The summed E-state index contributed by atoms with van der Waals surface area (Å²) in [5, 5.41) is 2.17. The number of hydrogen-bond donors (Lipinski definition) is 0. The van der Waals surface area contributed by atoms with Gasteiger partial charge in [0, 0.05) is 0 Å². The molecule has 192 valence electrons. The summed E-state index contributed by atoms with van der Waals surface area (Å²) < 4.78 is 16.6. The number of rotatable bonds is 5. The van der Waals surface area contributed by atoms with Crippen molar-refractivity contribution in [2.75, 3.05) is 0 Å². The number of carbonyl (C=O) groups excluding carboxylic acids is 3. The van der Waals surface area contributed by atoms with Crippen molar-refractivity contribution in [2.45, 2.75) is 98.0 Å². The minimum absolute atomic E-state index is 0.145. The largest absolute Gasteiger partial charge is 0.458 e. The summed E-state index contributed by atoms with van der Waals surface area (Å²) in [6.45, 7) is 15.3. The van der Waals surface area contributed by atoms with E-state index < -0.39 is 41.0 Å². The van der Waals surface area contributed by atoms with E-state index in [2.05, 4.69) is 0 Å². The van der Waals surface area contributed by atoms with Crippen molar-refractivity contribution in [3.63, 3.8) is 0 Å². The molecule has 0 saturated carbocycles. The normalized spacial score (nSPS) is 13.2. The standard InChI is InChI=1S/C28H39NO6/c1-26(2,3)33-23(30)22(17-15-19-14-16-20-12-10-11-13-21(20)18-19)29(24(31)34-27(4,5)6)25(32)35-28(7,8)9/h10-14,16,18,22H,15,17H2,1-9H3. The van der Waals surface area contributed by atoms with Crippen LogP contribution in [-0.2, 0) is 25.4 Å². The fourth-order valence-electron chi connectivity index (χ4n) is 3.37. The van der Waals surface area contributed by atoms with Crippen LogP contribution in [0.2, 0.25) is 0 Å². The first-order valence-electron chi connectivity index (χ1n) is 11.9. The Morgan fingerprint density at radius 3 is 1.69 bits per heavy atom. The molecule has 0 aromatic heterocycles. The highest BCUT2D eigenvalue weighted by molar-refractivity contribution is 5.94. The highest BCUT2D eigenvalue weighted by Gasteiger charge is 2.41. The second-order valence-electron chi connectivity index (χ2n) is 11.6. The lowest BCUT2D eigenvalue weighted by atomic mass is 10.0. The predicted molar refractivity (Wildman–Crippen MR) is 136 cm³/mol. The minimum Gasteiger partial charge on any atom is -0.458 e. The van der Waals surface area contributed by atoms with Gasteiger partial charge in [-0.1, -0.05) is 42.5 Å². The second-order valence-corrected chi connectivity index (χ2v) is 11.6. The van der Waals surface area contributed by atoms with E-state index in [1.54, 1.807) is 62.3 Å². The number of ether oxygens (including phenoxy) is 3. The molecule has 0 spiro atoms. The van der Waals surface area contributed by atoms with E-state index in [1.165, 1.54) is 0 Å². The van der Waals surface area contributed by atoms with Crippen LogP contribution in [0, 0.1) is 0 Å². The average Bonchev–Trinajstić information content (AvgIpc) is 2.66. The Labute approximate surface area is 208 Å². The SMILES string of the molecule is CC(C)(C)OC(=O)C(CCc1ccc2ccccc2c1)N(C(=O)OC(C)(C)C)C(=O)OC(C)(C)C. The molecule has 0 aliphatic rings. The first-order valence-corrected chi connectivity index (χ1v) is 11.9. The molecule has 0 saturated heterocycles. The number of benzene rings is 2. The van der Waals surface area contributed by atoms with Gasteiger partial charge in [0.05, 0.1) is 0 Å². The summed E-state index contributed by atoms with van der Waals surface area (Å²) in [6.07, 6.45) is -1.34. The fourth-order valence-corrected chi connectivity index (χ4v) is 3.37. The van der Waals surface area contributed by atoms with Gasteiger partial charge in [0.2, 0.25) is 0 Å². The van der Waals surface area contributed by atoms with Crippen molar-refractivity contribution in [3.05, 3.63) is 48.0 Å². The molecule has 0 N–H and O–H groups in total. The molecule has 7 heteroatoms. The van der Waals surface area contributed by atoms with Crippen molar-refractivity contribution in [3.8, 4) is 0 Å². The summed E-state index contributed by atoms with van der Waals surface area (Å²) in [6, 6.07) is 12.7. The van der Waals surface area contributed by atoms with Crippen LogP contribution in [0.4, 0.5) is 9.59 Å². The van der Waals surface area contributed by atoms with E-state index in [-0.39, 0.29) is 6.42 Å². The Hall–Kier alpha value is -3.09. The average molecular weight is 486 g/mol. The molecule has 7 nitrogen and oxygen atoms in total. The Bertz CT molecular complexity index is 1030. The van der Waals surface area contributed by atoms with Gasteiger partial charge in [0.1, 0.15) is 22.8 Å². The monoisotopic (exact) mass is 485 g/mol. The lowest BCUT2D eigenvalue weighted by molar-refractivity contribution is -0.161. The zero-order valence-electron chi connectivity index (χ0n) is 22.4. The summed E-state index contributed by atoms with van der Waals surface area (Å²) >= 11 is 0. The topological polar surface area (TPSA) is 82.1 Å². The quantitative estimate of drug-likeness (QED) is 0.348. The molecule has 1 atom stereocenters. The number of carbonyl (C=O) groups is 3. The van der Waals surface area contributed by atoms with Crippen molar-refractivity contribution in [2.24, 2.45) is 0 Å². The molecule has 35 heavy (non-hydrogen) atoms. The van der Waals surface area contributed by atoms with Gasteiger partial charge < -0.3 is 14.2 Å². The number of imide groups is 1. The number of amides is 2. The fraction of sp³-hybridized carbons (Fsp3) is 0.536. The molecular weight excluding hydrogens is 446 g/mol. The van der Waals surface area contributed by atoms with Gasteiger partial charge in [0.25, 0.3) is 0 Å². The van der Waals surface area contributed by atoms with Crippen molar-refractivity contribution >= 4 is 28.9 Å². The molecule has 2 aromatic rings. The van der Waals surface area contributed by atoms with Crippen LogP contribution in [0.25, 0.3) is 10.8 Å². The first kappa shape index (κ1) is 28.1. The Balaban J connectivity index is 2.43. The van der Waals surface area contributed by atoms with Crippen LogP contribution in [-0.4, -0.2) is 45.9 Å². The second kappa shape index (κ2) is 10.7. The van der Waals surface area contributed by atoms with Gasteiger partial charge in [-0.05, 0) is 91.5 Å². The lowest BCUT2D eigenvalue weighted by Crippen LogP contribution is -2.53. The molecule has 2 aromatic carbocycles. The maximum absolute atomic E-state index is 13.3. The number of nitrogens with zero attached hydrogens (tertiary/aromatic N) is 1. The van der Waals surface area contributed by atoms with Crippen LogP contribution in [0.5, 0.6) is 0 Å². The Morgan fingerprint density at radius 2 is 1.20 bits per heavy atom. The summed E-state index contributed by atoms with van der Waals surface area (Å²) in [5.41, 5.74) is -1.61. The number of esters is 1. The zero-order chi connectivity index (χ0) is 26.6. The van der Waals surface area contributed by atoms with Crippen LogP contribution >= 0.6 is 0 Å². The van der Waals surface area contributed by atoms with Crippen LogP contribution in [0.1, 0.15) is 74.3 Å². The molecule has 0 aliphatic heterocycles. The number of aryl methyl sites for hydroxylation is 1. The third-order valence-electron chi connectivity index (χ3n) is 4.69. The smallest absolute Gasteiger partial charge is 0.420 e. The van der Waals surface area contributed by atoms with Crippen LogP contribution < -0.4 is 0 Å². The van der Waals surface area contributed by atoms with Crippen molar-refractivity contribution in [1.29, 1.82) is 0 Å². The van der Waals surface area contributed by atoms with E-state index in [0.29, 0.717) is 6.42 Å². The van der Waals surface area contributed by atoms with Crippen LogP contribution in [0.3, 0.4) is 0 Å². The molecule has 0 heterocycles. The van der Waals surface area contributed by atoms with Crippen LogP contribution in [0.15, 0.2) is 42.5 Å². The molecule has 0 bridgehead atoms. The van der Waals surface area contributed by atoms with Gasteiger partial charge in [-0.2, -0.15) is 4.90 Å². The first-order chi connectivity index (χ1) is 16.0. The predicted octanol–water partition coefficient (Wildman–Crippen LogP) is 6.65. The summed E-state index contributed by atoms with van der Waals surface area (Å²) in [5.74, 6) is -0.699. The summed E-state index contributed by atoms with van der Waals surface area (Å²) in [7, 11) is 0. The summed E-state index contributed by atoms with van der Waals surface area (Å²) in [4.78, 5) is 40.4. The van der Waals surface area contributed by atoms with Gasteiger partial charge >= 0.3 is 18.2 Å². The van der Waals surface area contributed by atoms with Gasteiger partial charge in [-0.25, -0.2) is 14.4 Å². The van der Waals surface area contributed by atoms with E-state index in [9.17, 15) is 14.4 Å². The third-order valence-corrected chi connectivity index (χ3v) is 4.69. The third kappa shape index (κ3) is 9.23. The maximum atomic E-state index is 13.3. The molecule has 0 radical (unpaired) electrons. The van der Waals surface area contributed by atoms with Crippen molar-refractivity contribution in [1.82, 2.24) is 4.90 Å². The number of fused-ring (bicyclic) bond motifs is 1. The Morgan fingerprint density at radius 1 is 0.714 bits per heavy atom. The van der Waals surface area contributed by atoms with Gasteiger partial charge in [-0.15, -0.1) is 0 Å². The van der Waals surface area contributed by atoms with E-state index in [4.69, 9.17) is 14.2 Å². The zero-order valence-corrected chi connectivity index (χ0v) is 22.4. The minimum atomic E-state index is -1.23. The molecule has 2 amide bonds. The molecule has 0 fully saturated rings. The highest BCUT2D eigenvalue weighted by atomic mass is 16.6. The molecular formula is C28H39NO6. The van der Waals surface area contributed by atoms with Gasteiger partial charge in [0.15, 0.2) is 0 Å². The molecule has 0 aliphatic carbocycles. The Kier molecular flexibility index (Phi) is 8.58. The maximum Gasteiger partial charge on any atom is 0.420 e. The lowest BCUT2D eigenvalue weighted by Gasteiger charge is -2.33. The van der Waals surface area contributed by atoms with E-state index in [0.717, 1.165) is 21.2 Å². The molecule has 1 unspecified atom stereocenters.